The minimum absolute atomic E-state index is 0.0101. The first-order valence-corrected chi connectivity index (χ1v) is 12.5. The number of rotatable bonds is 11. The Morgan fingerprint density at radius 3 is 2.42 bits per heavy atom. The molecule has 8 heteroatoms. The summed E-state index contributed by atoms with van der Waals surface area (Å²) in [6.07, 6.45) is 1.31. The van der Waals surface area contributed by atoms with Gasteiger partial charge in [0.05, 0.1) is 14.2 Å². The lowest BCUT2D eigenvalue weighted by Gasteiger charge is -2.25. The topological polar surface area (TPSA) is 105 Å². The van der Waals surface area contributed by atoms with E-state index in [1.54, 1.807) is 26.4 Å². The standard InChI is InChI=1S/C30H32N2O6/c1-32(29(34)21-9-10-24-22(18-21)17-20-6-4-5-7-23(20)24)25(30(35)36)11-13-28(33)31-15-14-19-8-12-26(37-2)27(16-19)38-3/h4-10,12,16,18,25H,11,13-15,17H2,1-3H3,(H,31,33)(H,35,36)/t25-/m0/s1. The highest BCUT2D eigenvalue weighted by Crippen LogP contribution is 2.37. The SMILES string of the molecule is COc1ccc(CCNC(=O)CC[C@@H](C(=O)O)N(C)C(=O)c2ccc3c(c2)Cc2ccccc2-3)cc1OC. The van der Waals surface area contributed by atoms with Crippen LogP contribution < -0.4 is 14.8 Å². The minimum Gasteiger partial charge on any atom is -0.493 e. The number of nitrogens with one attached hydrogen (secondary N) is 1. The molecular weight excluding hydrogens is 484 g/mol. The average Bonchev–Trinajstić information content (AvgIpc) is 3.30. The van der Waals surface area contributed by atoms with Crippen molar-refractivity contribution in [3.8, 4) is 22.6 Å². The van der Waals surface area contributed by atoms with Gasteiger partial charge in [-0.05, 0) is 71.3 Å². The van der Waals surface area contributed by atoms with Crippen molar-refractivity contribution in [2.45, 2.75) is 31.7 Å². The molecule has 1 aliphatic rings. The summed E-state index contributed by atoms with van der Waals surface area (Å²) in [6.45, 7) is 0.387. The number of nitrogens with zero attached hydrogens (tertiary/aromatic N) is 1. The number of aliphatic carboxylic acids is 1. The van der Waals surface area contributed by atoms with Crippen LogP contribution in [-0.2, 0) is 22.4 Å². The molecule has 2 amide bonds. The number of fused-ring (bicyclic) bond motifs is 3. The van der Waals surface area contributed by atoms with Gasteiger partial charge in [-0.15, -0.1) is 0 Å². The summed E-state index contributed by atoms with van der Waals surface area (Å²) in [6, 6.07) is 18.0. The van der Waals surface area contributed by atoms with Gasteiger partial charge in [0, 0.05) is 25.6 Å². The quantitative estimate of drug-likeness (QED) is 0.313. The molecule has 1 aliphatic carbocycles. The fraction of sp³-hybridized carbons (Fsp3) is 0.300. The second kappa shape index (κ2) is 11.8. The van der Waals surface area contributed by atoms with Gasteiger partial charge in [0.15, 0.2) is 11.5 Å². The van der Waals surface area contributed by atoms with E-state index in [-0.39, 0.29) is 24.7 Å². The van der Waals surface area contributed by atoms with Gasteiger partial charge in [-0.3, -0.25) is 9.59 Å². The van der Waals surface area contributed by atoms with Crippen molar-refractivity contribution >= 4 is 17.8 Å². The van der Waals surface area contributed by atoms with Gasteiger partial charge in [0.25, 0.3) is 5.91 Å². The van der Waals surface area contributed by atoms with Gasteiger partial charge in [-0.1, -0.05) is 36.4 Å². The van der Waals surface area contributed by atoms with Crippen molar-refractivity contribution in [1.82, 2.24) is 10.2 Å². The molecule has 4 rings (SSSR count). The summed E-state index contributed by atoms with van der Waals surface area (Å²) < 4.78 is 10.5. The molecule has 0 unspecified atom stereocenters. The van der Waals surface area contributed by atoms with E-state index in [0.29, 0.717) is 30.0 Å². The summed E-state index contributed by atoms with van der Waals surface area (Å²) in [7, 11) is 4.60. The number of hydrogen-bond donors (Lipinski definition) is 2. The third-order valence-corrected chi connectivity index (χ3v) is 6.94. The normalized spacial score (nSPS) is 12.2. The molecule has 0 bridgehead atoms. The van der Waals surface area contributed by atoms with Crippen LogP contribution in [0.2, 0.25) is 0 Å². The number of carboxylic acid groups (broad SMARTS) is 1. The number of ether oxygens (including phenoxy) is 2. The van der Waals surface area contributed by atoms with Crippen LogP contribution in [-0.4, -0.2) is 61.6 Å². The maximum atomic E-state index is 13.2. The number of likely N-dealkylation sites (N-methyl/N-ethyl adjacent to an activating group) is 1. The van der Waals surface area contributed by atoms with Gasteiger partial charge < -0.3 is 24.8 Å². The van der Waals surface area contributed by atoms with Gasteiger partial charge in [0.2, 0.25) is 5.91 Å². The van der Waals surface area contributed by atoms with Crippen LogP contribution in [0.4, 0.5) is 0 Å². The summed E-state index contributed by atoms with van der Waals surface area (Å²) >= 11 is 0. The second-order valence-corrected chi connectivity index (χ2v) is 9.30. The minimum atomic E-state index is -1.15. The number of carbonyl (C=O) groups is 3. The van der Waals surface area contributed by atoms with Crippen molar-refractivity contribution in [3.63, 3.8) is 0 Å². The van der Waals surface area contributed by atoms with E-state index in [1.807, 2.05) is 36.4 Å². The molecule has 3 aromatic rings. The van der Waals surface area contributed by atoms with Crippen LogP contribution in [0.15, 0.2) is 60.7 Å². The third kappa shape index (κ3) is 5.80. The summed E-state index contributed by atoms with van der Waals surface area (Å²) in [5.41, 5.74) is 5.92. The monoisotopic (exact) mass is 516 g/mol. The van der Waals surface area contributed by atoms with Crippen LogP contribution in [0, 0.1) is 0 Å². The Hall–Kier alpha value is -4.33. The predicted molar refractivity (Wildman–Crippen MR) is 144 cm³/mol. The van der Waals surface area contributed by atoms with E-state index in [2.05, 4.69) is 17.4 Å². The molecule has 0 fully saturated rings. The maximum absolute atomic E-state index is 13.2. The first-order chi connectivity index (χ1) is 18.3. The van der Waals surface area contributed by atoms with Crippen molar-refractivity contribution < 1.29 is 29.0 Å². The van der Waals surface area contributed by atoms with Crippen molar-refractivity contribution in [3.05, 3.63) is 82.9 Å². The van der Waals surface area contributed by atoms with Gasteiger partial charge in [0.1, 0.15) is 6.04 Å². The molecule has 0 heterocycles. The lowest BCUT2D eigenvalue weighted by atomic mass is 10.0. The zero-order chi connectivity index (χ0) is 27.2. The van der Waals surface area contributed by atoms with E-state index in [1.165, 1.54) is 17.5 Å². The Labute approximate surface area is 222 Å². The van der Waals surface area contributed by atoms with Crippen LogP contribution in [0.25, 0.3) is 11.1 Å². The van der Waals surface area contributed by atoms with Crippen LogP contribution in [0.5, 0.6) is 11.5 Å². The van der Waals surface area contributed by atoms with Crippen LogP contribution in [0.3, 0.4) is 0 Å². The molecule has 0 spiro atoms. The Morgan fingerprint density at radius 2 is 1.68 bits per heavy atom. The Balaban J connectivity index is 1.31. The maximum Gasteiger partial charge on any atom is 0.326 e. The number of methoxy groups -OCH3 is 2. The molecule has 198 valence electrons. The van der Waals surface area contributed by atoms with E-state index >= 15 is 0 Å². The third-order valence-electron chi connectivity index (χ3n) is 6.94. The molecule has 0 aromatic heterocycles. The number of hydrogen-bond acceptors (Lipinski definition) is 5. The molecular formula is C30H32N2O6. The van der Waals surface area contributed by atoms with Crippen molar-refractivity contribution in [2.24, 2.45) is 0 Å². The fourth-order valence-corrected chi connectivity index (χ4v) is 4.84. The van der Waals surface area contributed by atoms with Gasteiger partial charge >= 0.3 is 5.97 Å². The zero-order valence-corrected chi connectivity index (χ0v) is 21.8. The molecule has 3 aromatic carbocycles. The lowest BCUT2D eigenvalue weighted by Crippen LogP contribution is -2.43. The number of amides is 2. The van der Waals surface area contributed by atoms with E-state index < -0.39 is 12.0 Å². The molecule has 0 saturated carbocycles. The molecule has 1 atom stereocenters. The van der Waals surface area contributed by atoms with E-state index in [4.69, 9.17) is 9.47 Å². The predicted octanol–water partition coefficient (Wildman–Crippen LogP) is 3.94. The summed E-state index contributed by atoms with van der Waals surface area (Å²) in [5.74, 6) is -0.560. The molecule has 8 nitrogen and oxygen atoms in total. The lowest BCUT2D eigenvalue weighted by molar-refractivity contribution is -0.142. The molecule has 0 aliphatic heterocycles. The zero-order valence-electron chi connectivity index (χ0n) is 21.8. The molecule has 0 radical (unpaired) electrons. The van der Waals surface area contributed by atoms with Gasteiger partial charge in [-0.2, -0.15) is 0 Å². The Kier molecular flexibility index (Phi) is 8.31. The largest absolute Gasteiger partial charge is 0.493 e. The summed E-state index contributed by atoms with van der Waals surface area (Å²) in [4.78, 5) is 38.8. The number of carboxylic acids is 1. The molecule has 38 heavy (non-hydrogen) atoms. The van der Waals surface area contributed by atoms with Crippen LogP contribution >= 0.6 is 0 Å². The number of carbonyl (C=O) groups excluding carboxylic acids is 2. The average molecular weight is 517 g/mol. The highest BCUT2D eigenvalue weighted by atomic mass is 16.5. The smallest absolute Gasteiger partial charge is 0.326 e. The second-order valence-electron chi connectivity index (χ2n) is 9.30. The summed E-state index contributed by atoms with van der Waals surface area (Å²) in [5, 5.41) is 12.6. The molecule has 2 N–H and O–H groups in total. The fourth-order valence-electron chi connectivity index (χ4n) is 4.84. The Bertz CT molecular complexity index is 1350. The highest BCUT2D eigenvalue weighted by Gasteiger charge is 2.29. The first-order valence-electron chi connectivity index (χ1n) is 12.5. The van der Waals surface area contributed by atoms with E-state index in [9.17, 15) is 19.5 Å². The van der Waals surface area contributed by atoms with Crippen molar-refractivity contribution in [1.29, 1.82) is 0 Å². The van der Waals surface area contributed by atoms with Gasteiger partial charge in [-0.25, -0.2) is 4.79 Å². The Morgan fingerprint density at radius 1 is 0.947 bits per heavy atom. The van der Waals surface area contributed by atoms with Crippen LogP contribution in [0.1, 0.15) is 39.9 Å². The van der Waals surface area contributed by atoms with Crippen molar-refractivity contribution in [2.75, 3.05) is 27.8 Å². The first kappa shape index (κ1) is 26.7. The van der Waals surface area contributed by atoms with E-state index in [0.717, 1.165) is 28.7 Å². The number of benzene rings is 3. The molecule has 0 saturated heterocycles. The highest BCUT2D eigenvalue weighted by molar-refractivity contribution is 5.97.